The summed E-state index contributed by atoms with van der Waals surface area (Å²) in [6, 6.07) is 4.67. The Kier molecular flexibility index (Phi) is 3.16. The van der Waals surface area contributed by atoms with Crippen molar-refractivity contribution in [3.8, 4) is 22.8 Å². The normalized spacial score (nSPS) is 11.8. The first-order valence-electron chi connectivity index (χ1n) is 6.98. The predicted molar refractivity (Wildman–Crippen MR) is 85.1 cm³/mol. The summed E-state index contributed by atoms with van der Waals surface area (Å²) in [6.45, 7) is 6.18. The summed E-state index contributed by atoms with van der Waals surface area (Å²) in [5.74, 6) is 0.490. The van der Waals surface area contributed by atoms with Crippen LogP contribution in [0.15, 0.2) is 36.8 Å². The summed E-state index contributed by atoms with van der Waals surface area (Å²) in [4.78, 5) is 8.67. The summed E-state index contributed by atoms with van der Waals surface area (Å²) in [5.41, 5.74) is 1.95. The van der Waals surface area contributed by atoms with E-state index in [-0.39, 0.29) is 17.0 Å². The molecule has 3 rings (SSSR count). The number of anilines is 1. The van der Waals surface area contributed by atoms with Crippen LogP contribution < -0.4 is 5.32 Å². The first kappa shape index (κ1) is 14.2. The Morgan fingerprint density at radius 2 is 1.91 bits per heavy atom. The minimum Gasteiger partial charge on any atom is -0.504 e. The molecule has 0 saturated heterocycles. The number of benzene rings is 1. The third-order valence-electron chi connectivity index (χ3n) is 3.17. The minimum atomic E-state index is -0.172. The number of aromatic hydroxyl groups is 2. The van der Waals surface area contributed by atoms with Crippen LogP contribution in [0.25, 0.3) is 16.9 Å². The van der Waals surface area contributed by atoms with E-state index in [1.165, 1.54) is 12.1 Å². The van der Waals surface area contributed by atoms with E-state index in [9.17, 15) is 10.2 Å². The highest BCUT2D eigenvalue weighted by Gasteiger charge is 2.19. The highest BCUT2D eigenvalue weighted by molar-refractivity contribution is 5.78. The lowest BCUT2D eigenvalue weighted by molar-refractivity contribution is 0.404. The van der Waals surface area contributed by atoms with E-state index in [0.717, 1.165) is 5.82 Å². The summed E-state index contributed by atoms with van der Waals surface area (Å²) in [6.07, 6.45) is 5.21. The molecule has 22 heavy (non-hydrogen) atoms. The zero-order valence-corrected chi connectivity index (χ0v) is 12.7. The van der Waals surface area contributed by atoms with Crippen LogP contribution in [0.1, 0.15) is 20.8 Å². The van der Waals surface area contributed by atoms with Gasteiger partial charge in [0.05, 0.1) is 6.20 Å². The monoisotopic (exact) mass is 298 g/mol. The molecule has 0 spiro atoms. The van der Waals surface area contributed by atoms with Crippen LogP contribution in [0.4, 0.5) is 5.82 Å². The largest absolute Gasteiger partial charge is 0.504 e. The first-order valence-corrected chi connectivity index (χ1v) is 6.98. The average Bonchev–Trinajstić information content (AvgIpc) is 2.79. The van der Waals surface area contributed by atoms with E-state index in [4.69, 9.17) is 0 Å². The second kappa shape index (κ2) is 4.91. The molecule has 2 aromatic heterocycles. The quantitative estimate of drug-likeness (QED) is 0.633. The number of rotatable bonds is 2. The summed E-state index contributed by atoms with van der Waals surface area (Å²) in [7, 11) is 0. The average molecular weight is 298 g/mol. The van der Waals surface area contributed by atoms with Crippen LogP contribution in [-0.2, 0) is 0 Å². The molecule has 6 nitrogen and oxygen atoms in total. The molecular weight excluding hydrogens is 280 g/mol. The van der Waals surface area contributed by atoms with Gasteiger partial charge in [0.25, 0.3) is 0 Å². The van der Waals surface area contributed by atoms with Gasteiger partial charge in [-0.05, 0) is 39.0 Å². The first-order chi connectivity index (χ1) is 10.3. The molecular formula is C16H18N4O2. The van der Waals surface area contributed by atoms with Crippen LogP contribution in [0.2, 0.25) is 0 Å². The van der Waals surface area contributed by atoms with Crippen LogP contribution >= 0.6 is 0 Å². The van der Waals surface area contributed by atoms with Gasteiger partial charge >= 0.3 is 0 Å². The van der Waals surface area contributed by atoms with Crippen LogP contribution in [0.5, 0.6) is 11.5 Å². The molecule has 0 saturated carbocycles. The molecule has 1 aromatic carbocycles. The van der Waals surface area contributed by atoms with Crippen LogP contribution in [-0.4, -0.2) is 30.1 Å². The maximum Gasteiger partial charge on any atom is 0.158 e. The van der Waals surface area contributed by atoms with Gasteiger partial charge < -0.3 is 15.5 Å². The fraction of sp³-hybridized carbons (Fsp3) is 0.250. The van der Waals surface area contributed by atoms with Crippen molar-refractivity contribution < 1.29 is 10.2 Å². The molecule has 0 radical (unpaired) electrons. The smallest absolute Gasteiger partial charge is 0.158 e. The number of hydrogen-bond donors (Lipinski definition) is 3. The molecule has 0 unspecified atom stereocenters. The maximum atomic E-state index is 9.74. The van der Waals surface area contributed by atoms with E-state index in [1.807, 2.05) is 10.6 Å². The van der Waals surface area contributed by atoms with Gasteiger partial charge in [0.15, 0.2) is 17.1 Å². The molecule has 6 heteroatoms. The van der Waals surface area contributed by atoms with Crippen molar-refractivity contribution in [2.24, 2.45) is 0 Å². The highest BCUT2D eigenvalue weighted by Crippen LogP contribution is 2.35. The van der Waals surface area contributed by atoms with Crippen molar-refractivity contribution in [2.45, 2.75) is 26.3 Å². The number of nitrogens with one attached hydrogen (secondary N) is 1. The van der Waals surface area contributed by atoms with E-state index in [2.05, 4.69) is 36.1 Å². The Bertz CT molecular complexity index is 834. The summed E-state index contributed by atoms with van der Waals surface area (Å²) >= 11 is 0. The number of aromatic nitrogens is 3. The third-order valence-corrected chi connectivity index (χ3v) is 3.17. The predicted octanol–water partition coefficient (Wildman–Crippen LogP) is 3.02. The molecule has 2 heterocycles. The molecule has 0 bridgehead atoms. The number of imidazole rings is 1. The molecule has 0 amide bonds. The molecule has 0 aliphatic heterocycles. The molecule has 0 aliphatic rings. The molecule has 0 fully saturated rings. The van der Waals surface area contributed by atoms with Gasteiger partial charge in [0.2, 0.25) is 0 Å². The lowest BCUT2D eigenvalue weighted by Crippen LogP contribution is -2.27. The van der Waals surface area contributed by atoms with Crippen molar-refractivity contribution in [1.29, 1.82) is 0 Å². The van der Waals surface area contributed by atoms with Crippen molar-refractivity contribution in [3.05, 3.63) is 36.8 Å². The maximum absolute atomic E-state index is 9.74. The van der Waals surface area contributed by atoms with Gasteiger partial charge in [0, 0.05) is 23.5 Å². The van der Waals surface area contributed by atoms with E-state index in [0.29, 0.717) is 16.9 Å². The van der Waals surface area contributed by atoms with Gasteiger partial charge in [-0.25, -0.2) is 4.98 Å². The van der Waals surface area contributed by atoms with E-state index >= 15 is 0 Å². The van der Waals surface area contributed by atoms with Gasteiger partial charge in [-0.1, -0.05) is 0 Å². The van der Waals surface area contributed by atoms with Crippen molar-refractivity contribution in [1.82, 2.24) is 14.4 Å². The fourth-order valence-corrected chi connectivity index (χ4v) is 2.25. The Labute approximate surface area is 128 Å². The summed E-state index contributed by atoms with van der Waals surface area (Å²) in [5, 5.41) is 22.7. The number of nitrogens with zero attached hydrogens (tertiary/aromatic N) is 3. The molecule has 0 aliphatic carbocycles. The number of fused-ring (bicyclic) bond motifs is 1. The van der Waals surface area contributed by atoms with Crippen LogP contribution in [0, 0.1) is 0 Å². The standard InChI is InChI=1S/C16H18N4O2/c1-16(2,3)19-15-14(10-4-5-11(21)12(22)8-10)18-13-9-17-6-7-20(13)15/h4-9,19,21-22H,1-3H3. The lowest BCUT2D eigenvalue weighted by Gasteiger charge is -2.22. The Morgan fingerprint density at radius 1 is 1.14 bits per heavy atom. The topological polar surface area (TPSA) is 82.7 Å². The Balaban J connectivity index is 2.23. The van der Waals surface area contributed by atoms with Crippen molar-refractivity contribution in [2.75, 3.05) is 5.32 Å². The molecule has 0 atom stereocenters. The summed E-state index contributed by atoms with van der Waals surface area (Å²) < 4.78 is 1.91. The van der Waals surface area contributed by atoms with Gasteiger partial charge in [-0.15, -0.1) is 0 Å². The number of phenolic OH excluding ortho intramolecular Hbond substituents is 2. The zero-order valence-electron chi connectivity index (χ0n) is 12.7. The Hall–Kier alpha value is -2.76. The van der Waals surface area contributed by atoms with Crippen molar-refractivity contribution >= 4 is 11.5 Å². The second-order valence-corrected chi connectivity index (χ2v) is 6.19. The minimum absolute atomic E-state index is 0.153. The zero-order chi connectivity index (χ0) is 15.9. The molecule has 114 valence electrons. The second-order valence-electron chi connectivity index (χ2n) is 6.19. The van der Waals surface area contributed by atoms with E-state index < -0.39 is 0 Å². The van der Waals surface area contributed by atoms with E-state index in [1.54, 1.807) is 18.5 Å². The van der Waals surface area contributed by atoms with Gasteiger partial charge in [-0.2, -0.15) is 0 Å². The van der Waals surface area contributed by atoms with Gasteiger partial charge in [0.1, 0.15) is 11.5 Å². The van der Waals surface area contributed by atoms with Gasteiger partial charge in [-0.3, -0.25) is 9.38 Å². The lowest BCUT2D eigenvalue weighted by atomic mass is 10.1. The molecule has 3 aromatic rings. The third kappa shape index (κ3) is 2.55. The van der Waals surface area contributed by atoms with Crippen molar-refractivity contribution in [3.63, 3.8) is 0 Å². The number of phenols is 2. The van der Waals surface area contributed by atoms with Crippen LogP contribution in [0.3, 0.4) is 0 Å². The highest BCUT2D eigenvalue weighted by atomic mass is 16.3. The molecule has 3 N–H and O–H groups in total. The Morgan fingerprint density at radius 3 is 2.59 bits per heavy atom. The number of hydrogen-bond acceptors (Lipinski definition) is 5. The fourth-order valence-electron chi connectivity index (χ4n) is 2.25. The SMILES string of the molecule is CC(C)(C)Nc1c(-c2ccc(O)c(O)c2)nc2cnccn12.